The average molecular weight is 353 g/mol. The highest BCUT2D eigenvalue weighted by atomic mass is 79.9. The lowest BCUT2D eigenvalue weighted by atomic mass is 10.0. The SMILES string of the molecule is CC(C)Cc1ccc(CNc2ccc(Br)c(Cl)c2)cc1. The molecule has 0 amide bonds. The van der Waals surface area contributed by atoms with Gasteiger partial charge < -0.3 is 5.32 Å². The van der Waals surface area contributed by atoms with Gasteiger partial charge in [0.25, 0.3) is 0 Å². The van der Waals surface area contributed by atoms with Gasteiger partial charge in [-0.25, -0.2) is 0 Å². The van der Waals surface area contributed by atoms with Gasteiger partial charge in [-0.2, -0.15) is 0 Å². The normalized spacial score (nSPS) is 10.8. The van der Waals surface area contributed by atoms with Crippen molar-refractivity contribution in [3.05, 3.63) is 63.1 Å². The molecular formula is C17H19BrClN. The van der Waals surface area contributed by atoms with E-state index in [-0.39, 0.29) is 0 Å². The minimum absolute atomic E-state index is 0.698. The molecule has 3 heteroatoms. The second-order valence-electron chi connectivity index (χ2n) is 5.40. The molecule has 0 saturated carbocycles. The Hall–Kier alpha value is -0.990. The van der Waals surface area contributed by atoms with Crippen LogP contribution in [0.4, 0.5) is 5.69 Å². The van der Waals surface area contributed by atoms with E-state index in [1.807, 2.05) is 18.2 Å². The highest BCUT2D eigenvalue weighted by Gasteiger charge is 2.00. The van der Waals surface area contributed by atoms with Crippen LogP contribution in [0.3, 0.4) is 0 Å². The van der Waals surface area contributed by atoms with E-state index in [0.29, 0.717) is 5.92 Å². The third-order valence-electron chi connectivity index (χ3n) is 3.08. The summed E-state index contributed by atoms with van der Waals surface area (Å²) in [6.07, 6.45) is 1.13. The maximum Gasteiger partial charge on any atom is 0.0568 e. The number of anilines is 1. The molecule has 0 unspecified atom stereocenters. The molecule has 106 valence electrons. The summed E-state index contributed by atoms with van der Waals surface area (Å²) in [6.45, 7) is 5.29. The molecule has 0 aliphatic heterocycles. The van der Waals surface area contributed by atoms with Crippen LogP contribution < -0.4 is 5.32 Å². The molecule has 0 bridgehead atoms. The van der Waals surface area contributed by atoms with Gasteiger partial charge in [0.2, 0.25) is 0 Å². The summed E-state index contributed by atoms with van der Waals surface area (Å²) in [4.78, 5) is 0. The molecule has 0 spiro atoms. The summed E-state index contributed by atoms with van der Waals surface area (Å²) in [5.74, 6) is 0.698. The van der Waals surface area contributed by atoms with Crippen molar-refractivity contribution in [2.45, 2.75) is 26.8 Å². The summed E-state index contributed by atoms with van der Waals surface area (Å²) in [5.41, 5.74) is 3.71. The van der Waals surface area contributed by atoms with Crippen molar-refractivity contribution in [1.29, 1.82) is 0 Å². The Kier molecular flexibility index (Phi) is 5.50. The first kappa shape index (κ1) is 15.4. The lowest BCUT2D eigenvalue weighted by Crippen LogP contribution is -2.00. The first-order chi connectivity index (χ1) is 9.54. The number of nitrogens with one attached hydrogen (secondary N) is 1. The molecule has 1 nitrogen and oxygen atoms in total. The van der Waals surface area contributed by atoms with Crippen LogP contribution in [0.5, 0.6) is 0 Å². The molecule has 0 heterocycles. The third-order valence-corrected chi connectivity index (χ3v) is 4.32. The van der Waals surface area contributed by atoms with Gasteiger partial charge in [-0.05, 0) is 57.6 Å². The Morgan fingerprint density at radius 3 is 2.30 bits per heavy atom. The standard InChI is InChI=1S/C17H19BrClN/c1-12(2)9-13-3-5-14(6-4-13)11-20-15-7-8-16(18)17(19)10-15/h3-8,10,12,20H,9,11H2,1-2H3. The van der Waals surface area contributed by atoms with Gasteiger partial charge in [0.1, 0.15) is 0 Å². The van der Waals surface area contributed by atoms with Gasteiger partial charge in [0, 0.05) is 16.7 Å². The van der Waals surface area contributed by atoms with Gasteiger partial charge in [0.15, 0.2) is 0 Å². The van der Waals surface area contributed by atoms with E-state index in [0.717, 1.165) is 28.1 Å². The van der Waals surface area contributed by atoms with Crippen LogP contribution in [-0.2, 0) is 13.0 Å². The van der Waals surface area contributed by atoms with Gasteiger partial charge in [-0.1, -0.05) is 49.7 Å². The fraction of sp³-hybridized carbons (Fsp3) is 0.294. The minimum Gasteiger partial charge on any atom is -0.381 e. The Balaban J connectivity index is 1.95. The summed E-state index contributed by atoms with van der Waals surface area (Å²) in [7, 11) is 0. The quantitative estimate of drug-likeness (QED) is 0.705. The van der Waals surface area contributed by atoms with E-state index in [1.54, 1.807) is 0 Å². The summed E-state index contributed by atoms with van der Waals surface area (Å²) in [5, 5.41) is 4.11. The molecule has 0 aliphatic rings. The predicted octanol–water partition coefficient (Wildman–Crippen LogP) is 5.91. The van der Waals surface area contributed by atoms with Gasteiger partial charge in [0.05, 0.1) is 5.02 Å². The Morgan fingerprint density at radius 1 is 1.05 bits per heavy atom. The largest absolute Gasteiger partial charge is 0.381 e. The second-order valence-corrected chi connectivity index (χ2v) is 6.66. The van der Waals surface area contributed by atoms with Crippen LogP contribution in [0.25, 0.3) is 0 Å². The predicted molar refractivity (Wildman–Crippen MR) is 91.5 cm³/mol. The van der Waals surface area contributed by atoms with E-state index in [4.69, 9.17) is 11.6 Å². The Bertz CT molecular complexity index is 564. The summed E-state index contributed by atoms with van der Waals surface area (Å²) < 4.78 is 0.919. The maximum absolute atomic E-state index is 6.08. The van der Waals surface area contributed by atoms with Crippen LogP contribution in [0.15, 0.2) is 46.9 Å². The average Bonchev–Trinajstić information content (AvgIpc) is 2.41. The number of benzene rings is 2. The zero-order valence-corrected chi connectivity index (χ0v) is 14.1. The first-order valence-corrected chi connectivity index (χ1v) is 7.98. The number of rotatable bonds is 5. The van der Waals surface area contributed by atoms with Crippen molar-refractivity contribution >= 4 is 33.2 Å². The second kappa shape index (κ2) is 7.14. The van der Waals surface area contributed by atoms with E-state index in [1.165, 1.54) is 11.1 Å². The minimum atomic E-state index is 0.698. The number of hydrogen-bond donors (Lipinski definition) is 1. The topological polar surface area (TPSA) is 12.0 Å². The van der Waals surface area contributed by atoms with Gasteiger partial charge in [-0.15, -0.1) is 0 Å². The Labute approximate surface area is 134 Å². The van der Waals surface area contributed by atoms with Crippen molar-refractivity contribution in [3.63, 3.8) is 0 Å². The van der Waals surface area contributed by atoms with E-state index >= 15 is 0 Å². The number of hydrogen-bond acceptors (Lipinski definition) is 1. The van der Waals surface area contributed by atoms with Crippen LogP contribution in [-0.4, -0.2) is 0 Å². The molecule has 2 aromatic rings. The first-order valence-electron chi connectivity index (χ1n) is 6.81. The highest BCUT2D eigenvalue weighted by Crippen LogP contribution is 2.25. The van der Waals surface area contributed by atoms with Crippen molar-refractivity contribution in [2.75, 3.05) is 5.32 Å². The zero-order valence-electron chi connectivity index (χ0n) is 11.8. The molecule has 20 heavy (non-hydrogen) atoms. The van der Waals surface area contributed by atoms with E-state index in [2.05, 4.69) is 59.4 Å². The molecule has 0 atom stereocenters. The smallest absolute Gasteiger partial charge is 0.0568 e. The molecule has 1 N–H and O–H groups in total. The van der Waals surface area contributed by atoms with Crippen LogP contribution in [0, 0.1) is 5.92 Å². The molecule has 0 radical (unpaired) electrons. The van der Waals surface area contributed by atoms with Crippen LogP contribution in [0.1, 0.15) is 25.0 Å². The molecule has 0 aliphatic carbocycles. The summed E-state index contributed by atoms with van der Waals surface area (Å²) in [6, 6.07) is 14.7. The van der Waals surface area contributed by atoms with Gasteiger partial charge >= 0.3 is 0 Å². The Morgan fingerprint density at radius 2 is 1.70 bits per heavy atom. The van der Waals surface area contributed by atoms with Crippen molar-refractivity contribution in [3.8, 4) is 0 Å². The lowest BCUT2D eigenvalue weighted by molar-refractivity contribution is 0.647. The molecule has 2 rings (SSSR count). The summed E-state index contributed by atoms with van der Waals surface area (Å²) >= 11 is 9.47. The molecule has 2 aromatic carbocycles. The fourth-order valence-electron chi connectivity index (χ4n) is 2.07. The van der Waals surface area contributed by atoms with Gasteiger partial charge in [-0.3, -0.25) is 0 Å². The van der Waals surface area contributed by atoms with Crippen molar-refractivity contribution < 1.29 is 0 Å². The lowest BCUT2D eigenvalue weighted by Gasteiger charge is -2.09. The molecular weight excluding hydrogens is 334 g/mol. The fourth-order valence-corrected chi connectivity index (χ4v) is 2.50. The van der Waals surface area contributed by atoms with Crippen molar-refractivity contribution in [2.24, 2.45) is 5.92 Å². The third kappa shape index (κ3) is 4.53. The zero-order chi connectivity index (χ0) is 14.5. The van der Waals surface area contributed by atoms with E-state index < -0.39 is 0 Å². The van der Waals surface area contributed by atoms with Crippen molar-refractivity contribution in [1.82, 2.24) is 0 Å². The monoisotopic (exact) mass is 351 g/mol. The molecule has 0 fully saturated rings. The number of halogens is 2. The molecule has 0 aromatic heterocycles. The van der Waals surface area contributed by atoms with E-state index in [9.17, 15) is 0 Å². The molecule has 0 saturated heterocycles. The van der Waals surface area contributed by atoms with Crippen LogP contribution in [0.2, 0.25) is 5.02 Å². The maximum atomic E-state index is 6.08. The highest BCUT2D eigenvalue weighted by molar-refractivity contribution is 9.10. The van der Waals surface area contributed by atoms with Crippen LogP contribution >= 0.6 is 27.5 Å².